The van der Waals surface area contributed by atoms with E-state index < -0.39 is 0 Å². The zero-order valence-electron chi connectivity index (χ0n) is 9.95. The average molecular weight is 258 g/mol. The molecule has 0 atom stereocenters. The lowest BCUT2D eigenvalue weighted by Gasteiger charge is -2.06. The third kappa shape index (κ3) is 2.99. The van der Waals surface area contributed by atoms with Crippen LogP contribution in [0.25, 0.3) is 0 Å². The summed E-state index contributed by atoms with van der Waals surface area (Å²) in [6.45, 7) is 4.82. The van der Waals surface area contributed by atoms with Crippen molar-refractivity contribution in [3.05, 3.63) is 15.6 Å². The number of aromatic nitrogens is 1. The highest BCUT2D eigenvalue weighted by atomic mass is 32.1. The van der Waals surface area contributed by atoms with E-state index in [-0.39, 0.29) is 0 Å². The fourth-order valence-electron chi connectivity index (χ4n) is 1.61. The molecule has 3 nitrogen and oxygen atoms in total. The Hall–Kier alpha value is -0.520. The maximum absolute atomic E-state index is 5.69. The molecule has 0 unspecified atom stereocenters. The molecule has 0 spiro atoms. The molecule has 0 saturated carbocycles. The van der Waals surface area contributed by atoms with Crippen LogP contribution in [0.4, 0.5) is 0 Å². The zero-order chi connectivity index (χ0) is 12.1. The highest BCUT2D eigenvalue weighted by Gasteiger charge is 2.17. The predicted molar refractivity (Wildman–Crippen MR) is 72.0 cm³/mol. The number of rotatable bonds is 6. The minimum absolute atomic E-state index is 0.418. The molecule has 16 heavy (non-hydrogen) atoms. The highest BCUT2D eigenvalue weighted by molar-refractivity contribution is 7.81. The first kappa shape index (κ1) is 13.5. The van der Waals surface area contributed by atoms with Crippen LogP contribution in [-0.4, -0.2) is 17.1 Å². The van der Waals surface area contributed by atoms with Crippen LogP contribution < -0.4 is 5.73 Å². The lowest BCUT2D eigenvalue weighted by Crippen LogP contribution is -2.10. The summed E-state index contributed by atoms with van der Waals surface area (Å²) in [5, 5.41) is 1.12. The first-order chi connectivity index (χ1) is 7.63. The third-order valence-electron chi connectivity index (χ3n) is 2.55. The molecule has 0 radical (unpaired) electrons. The van der Waals surface area contributed by atoms with E-state index in [1.807, 2.05) is 0 Å². The van der Waals surface area contributed by atoms with Gasteiger partial charge in [0.05, 0.1) is 22.2 Å². The van der Waals surface area contributed by atoms with Gasteiger partial charge in [0.2, 0.25) is 0 Å². The molecule has 0 saturated heterocycles. The van der Waals surface area contributed by atoms with Gasteiger partial charge in [-0.05, 0) is 12.8 Å². The maximum Gasteiger partial charge on any atom is 0.116 e. The molecule has 0 aromatic carbocycles. The lowest BCUT2D eigenvalue weighted by molar-refractivity contribution is 0.181. The molecule has 0 aliphatic carbocycles. The molecule has 1 aromatic heterocycles. The summed E-state index contributed by atoms with van der Waals surface area (Å²) >= 11 is 6.64. The van der Waals surface area contributed by atoms with Gasteiger partial charge in [-0.2, -0.15) is 0 Å². The molecule has 0 amide bonds. The van der Waals surface area contributed by atoms with Crippen LogP contribution in [0.1, 0.15) is 48.2 Å². The summed E-state index contributed by atoms with van der Waals surface area (Å²) in [5.41, 5.74) is 6.56. The van der Waals surface area contributed by atoms with Crippen molar-refractivity contribution in [2.45, 2.75) is 39.2 Å². The summed E-state index contributed by atoms with van der Waals surface area (Å²) < 4.78 is 5.11. The smallest absolute Gasteiger partial charge is 0.116 e. The zero-order valence-corrected chi connectivity index (χ0v) is 11.6. The van der Waals surface area contributed by atoms with Gasteiger partial charge in [-0.3, -0.25) is 0 Å². The molecule has 1 rings (SSSR count). The van der Waals surface area contributed by atoms with Gasteiger partial charge in [-0.15, -0.1) is 11.3 Å². The average Bonchev–Trinajstić information content (AvgIpc) is 2.65. The molecule has 2 N–H and O–H groups in total. The van der Waals surface area contributed by atoms with Crippen molar-refractivity contribution in [2.24, 2.45) is 5.73 Å². The van der Waals surface area contributed by atoms with E-state index in [1.165, 1.54) is 0 Å². The minimum atomic E-state index is 0.418. The van der Waals surface area contributed by atoms with Crippen LogP contribution in [0.2, 0.25) is 0 Å². The molecule has 5 heteroatoms. The van der Waals surface area contributed by atoms with Crippen molar-refractivity contribution in [2.75, 3.05) is 7.11 Å². The van der Waals surface area contributed by atoms with Crippen molar-refractivity contribution >= 4 is 28.5 Å². The van der Waals surface area contributed by atoms with Crippen molar-refractivity contribution in [1.82, 2.24) is 4.98 Å². The molecule has 0 fully saturated rings. The fraction of sp³-hybridized carbons (Fsp3) is 0.636. The molecule has 90 valence electrons. The van der Waals surface area contributed by atoms with Crippen molar-refractivity contribution < 1.29 is 4.74 Å². The number of hydrogen-bond acceptors (Lipinski definition) is 4. The van der Waals surface area contributed by atoms with Gasteiger partial charge in [-0.25, -0.2) is 4.98 Å². The minimum Gasteiger partial charge on any atom is -0.389 e. The number of nitrogens with two attached hydrogens (primary N) is 1. The Morgan fingerprint density at radius 2 is 2.12 bits per heavy atom. The van der Waals surface area contributed by atoms with E-state index in [1.54, 1.807) is 18.4 Å². The number of thiocarbonyl (C=S) groups is 1. The Kier molecular flexibility index (Phi) is 5.31. The standard InChI is InChI=1S/C11H18N2OS2/c1-4-7(5-2)11-13-8(6-14-3)9(16-11)10(12)15/h7H,4-6H2,1-3H3,(H2,12,15). The second kappa shape index (κ2) is 6.27. The Morgan fingerprint density at radius 3 is 2.56 bits per heavy atom. The van der Waals surface area contributed by atoms with Gasteiger partial charge < -0.3 is 10.5 Å². The normalized spacial score (nSPS) is 11.0. The van der Waals surface area contributed by atoms with Crippen LogP contribution in [0.15, 0.2) is 0 Å². The maximum atomic E-state index is 5.69. The molecular weight excluding hydrogens is 240 g/mol. The Labute approximate surface area is 106 Å². The topological polar surface area (TPSA) is 48.1 Å². The Morgan fingerprint density at radius 1 is 1.50 bits per heavy atom. The van der Waals surface area contributed by atoms with E-state index in [9.17, 15) is 0 Å². The van der Waals surface area contributed by atoms with E-state index in [2.05, 4.69) is 18.8 Å². The second-order valence-electron chi connectivity index (χ2n) is 3.64. The molecule has 0 aliphatic heterocycles. The van der Waals surface area contributed by atoms with Crippen molar-refractivity contribution in [3.8, 4) is 0 Å². The number of nitrogens with zero attached hydrogens (tertiary/aromatic N) is 1. The van der Waals surface area contributed by atoms with Crippen molar-refractivity contribution in [3.63, 3.8) is 0 Å². The van der Waals surface area contributed by atoms with E-state index in [0.717, 1.165) is 28.4 Å². The monoisotopic (exact) mass is 258 g/mol. The van der Waals surface area contributed by atoms with E-state index in [4.69, 9.17) is 22.7 Å². The van der Waals surface area contributed by atoms with E-state index in [0.29, 0.717) is 17.5 Å². The number of hydrogen-bond donors (Lipinski definition) is 1. The largest absolute Gasteiger partial charge is 0.389 e. The lowest BCUT2D eigenvalue weighted by atomic mass is 10.1. The number of thiazole rings is 1. The van der Waals surface area contributed by atoms with Gasteiger partial charge in [0.1, 0.15) is 4.99 Å². The van der Waals surface area contributed by atoms with Crippen LogP contribution in [0.3, 0.4) is 0 Å². The van der Waals surface area contributed by atoms with Crippen LogP contribution in [-0.2, 0) is 11.3 Å². The Balaban J connectivity index is 3.04. The predicted octanol–water partition coefficient (Wildman–Crippen LogP) is 2.83. The first-order valence-electron chi connectivity index (χ1n) is 5.42. The van der Waals surface area contributed by atoms with E-state index >= 15 is 0 Å². The third-order valence-corrected chi connectivity index (χ3v) is 4.18. The first-order valence-corrected chi connectivity index (χ1v) is 6.64. The summed E-state index contributed by atoms with van der Waals surface area (Å²) in [5.74, 6) is 0.503. The Bertz CT molecular complexity index is 359. The van der Waals surface area contributed by atoms with Gasteiger partial charge in [0.15, 0.2) is 0 Å². The number of methoxy groups -OCH3 is 1. The molecular formula is C11H18N2OS2. The van der Waals surface area contributed by atoms with Gasteiger partial charge >= 0.3 is 0 Å². The summed E-state index contributed by atoms with van der Waals surface area (Å²) in [7, 11) is 1.65. The fourth-order valence-corrected chi connectivity index (χ4v) is 3.04. The SMILES string of the molecule is CCC(CC)c1nc(COC)c(C(N)=S)s1. The van der Waals surface area contributed by atoms with Crippen molar-refractivity contribution in [1.29, 1.82) is 0 Å². The highest BCUT2D eigenvalue weighted by Crippen LogP contribution is 2.29. The van der Waals surface area contributed by atoms with Crippen LogP contribution in [0, 0.1) is 0 Å². The van der Waals surface area contributed by atoms with Crippen LogP contribution >= 0.6 is 23.6 Å². The summed E-state index contributed by atoms with van der Waals surface area (Å²) in [6, 6.07) is 0. The van der Waals surface area contributed by atoms with Gasteiger partial charge in [0, 0.05) is 13.0 Å². The van der Waals surface area contributed by atoms with Crippen LogP contribution in [0.5, 0.6) is 0 Å². The summed E-state index contributed by atoms with van der Waals surface area (Å²) in [6.07, 6.45) is 2.18. The van der Waals surface area contributed by atoms with Gasteiger partial charge in [-0.1, -0.05) is 26.1 Å². The molecule has 0 bridgehead atoms. The quantitative estimate of drug-likeness (QED) is 0.797. The van der Waals surface area contributed by atoms with Gasteiger partial charge in [0.25, 0.3) is 0 Å². The number of ether oxygens (including phenoxy) is 1. The molecule has 0 aliphatic rings. The molecule has 1 aromatic rings. The second-order valence-corrected chi connectivity index (χ2v) is 5.11. The summed E-state index contributed by atoms with van der Waals surface area (Å²) in [4.78, 5) is 5.91. The molecule has 1 heterocycles.